The molecule has 0 spiro atoms. The number of sulfone groups is 1. The van der Waals surface area contributed by atoms with Gasteiger partial charge in [-0.2, -0.15) is 8.78 Å². The van der Waals surface area contributed by atoms with Crippen LogP contribution in [0, 0.1) is 0 Å². The molecule has 1 rings (SSSR count). The molecule has 90 valence electrons. The lowest BCUT2D eigenvalue weighted by molar-refractivity contribution is -0.240. The van der Waals surface area contributed by atoms with Crippen molar-refractivity contribution in [1.82, 2.24) is 0 Å². The lowest BCUT2D eigenvalue weighted by atomic mass is 10.0. The van der Waals surface area contributed by atoms with Crippen molar-refractivity contribution in [2.75, 3.05) is 5.75 Å². The molecule has 1 heterocycles. The molecule has 0 radical (unpaired) electrons. The summed E-state index contributed by atoms with van der Waals surface area (Å²) in [5.41, 5.74) is -5.67. The van der Waals surface area contributed by atoms with Crippen LogP contribution in [0.1, 0.15) is 0 Å². The van der Waals surface area contributed by atoms with Gasteiger partial charge in [-0.3, -0.25) is 0 Å². The van der Waals surface area contributed by atoms with Crippen molar-refractivity contribution in [1.29, 1.82) is 0 Å². The molecule has 0 aliphatic carbocycles. The van der Waals surface area contributed by atoms with Gasteiger partial charge < -0.3 is 0 Å². The minimum Gasteiger partial charge on any atom is -0.223 e. The predicted molar refractivity (Wildman–Crippen MR) is 33.5 cm³/mol. The van der Waals surface area contributed by atoms with E-state index in [4.69, 9.17) is 0 Å². The second-order valence-corrected chi connectivity index (χ2v) is 5.02. The second-order valence-electron chi connectivity index (χ2n) is 2.99. The third-order valence-electron chi connectivity index (χ3n) is 2.02. The molecule has 1 saturated heterocycles. The van der Waals surface area contributed by atoms with E-state index in [9.17, 15) is 39.2 Å². The molecule has 15 heavy (non-hydrogen) atoms. The van der Waals surface area contributed by atoms with Gasteiger partial charge in [0.2, 0.25) is 9.84 Å². The van der Waals surface area contributed by atoms with Gasteiger partial charge in [-0.1, -0.05) is 0 Å². The van der Waals surface area contributed by atoms with Crippen LogP contribution < -0.4 is 0 Å². The lowest BCUT2D eigenvalue weighted by Crippen LogP contribution is -2.57. The van der Waals surface area contributed by atoms with Crippen LogP contribution >= 0.6 is 0 Å². The minimum absolute atomic E-state index is 2.63. The molecule has 1 aliphatic rings. The van der Waals surface area contributed by atoms with Gasteiger partial charge in [0.1, 0.15) is 5.75 Å². The molecule has 1 fully saturated rings. The van der Waals surface area contributed by atoms with Crippen molar-refractivity contribution >= 4 is 9.84 Å². The first-order valence-electron chi connectivity index (χ1n) is 3.35. The van der Waals surface area contributed by atoms with Crippen molar-refractivity contribution in [3.63, 3.8) is 0 Å². The Bertz CT molecular complexity index is 375. The SMILES string of the molecule is O=S1(=O)CC(F)(F)C(F)(C(F)F)C1(F)F. The number of hydrogen-bond donors (Lipinski definition) is 0. The van der Waals surface area contributed by atoms with Gasteiger partial charge >= 0.3 is 16.8 Å². The molecule has 0 aromatic rings. The maximum atomic E-state index is 12.9. The van der Waals surface area contributed by atoms with Crippen LogP contribution in [-0.2, 0) is 9.84 Å². The van der Waals surface area contributed by atoms with Gasteiger partial charge in [-0.15, -0.1) is 0 Å². The molecule has 0 bridgehead atoms. The Labute approximate surface area is 79.0 Å². The summed E-state index contributed by atoms with van der Waals surface area (Å²) in [5.74, 6) is -7.95. The zero-order valence-electron chi connectivity index (χ0n) is 6.65. The zero-order chi connectivity index (χ0) is 12.3. The summed E-state index contributed by atoms with van der Waals surface area (Å²) < 4.78 is 108. The van der Waals surface area contributed by atoms with Crippen LogP contribution in [0.15, 0.2) is 0 Å². The lowest BCUT2D eigenvalue weighted by Gasteiger charge is -2.28. The topological polar surface area (TPSA) is 34.1 Å². The van der Waals surface area contributed by atoms with Crippen LogP contribution in [0.4, 0.5) is 30.7 Å². The standard InChI is InChI=1S/C5H3F7O2S/c6-2(7)4(10)3(8,9)1-15(13,14)5(4,11)12/h2H,1H2. The van der Waals surface area contributed by atoms with E-state index in [1.54, 1.807) is 0 Å². The number of alkyl halides is 7. The highest BCUT2D eigenvalue weighted by Gasteiger charge is 2.86. The van der Waals surface area contributed by atoms with Crippen molar-refractivity contribution in [2.45, 2.75) is 23.3 Å². The average Bonchev–Trinajstić information content (AvgIpc) is 2.06. The van der Waals surface area contributed by atoms with Crippen molar-refractivity contribution < 1.29 is 39.2 Å². The molecule has 0 N–H and O–H groups in total. The summed E-state index contributed by atoms with van der Waals surface area (Å²) in [7, 11) is -5.92. The van der Waals surface area contributed by atoms with Crippen LogP contribution in [0.2, 0.25) is 0 Å². The molecule has 1 aliphatic heterocycles. The Morgan fingerprint density at radius 1 is 1.00 bits per heavy atom. The van der Waals surface area contributed by atoms with E-state index in [-0.39, 0.29) is 0 Å². The summed E-state index contributed by atoms with van der Waals surface area (Å²) in [5, 5.41) is -5.79. The summed E-state index contributed by atoms with van der Waals surface area (Å²) >= 11 is 0. The highest BCUT2D eigenvalue weighted by atomic mass is 32.2. The normalized spacial score (nSPS) is 37.1. The second kappa shape index (κ2) is 2.77. The fourth-order valence-corrected chi connectivity index (χ4v) is 2.72. The van der Waals surface area contributed by atoms with E-state index >= 15 is 0 Å². The molecule has 0 aromatic heterocycles. The predicted octanol–water partition coefficient (Wildman–Crippen LogP) is 1.62. The third kappa shape index (κ3) is 1.20. The van der Waals surface area contributed by atoms with E-state index < -0.39 is 38.9 Å². The first-order chi connectivity index (χ1) is 6.40. The number of hydrogen-bond acceptors (Lipinski definition) is 2. The minimum atomic E-state index is -5.92. The highest BCUT2D eigenvalue weighted by Crippen LogP contribution is 2.57. The molecule has 1 unspecified atom stereocenters. The number of halogens is 7. The first-order valence-corrected chi connectivity index (χ1v) is 5.00. The molecule has 1 atom stereocenters. The Hall–Kier alpha value is -0.540. The first kappa shape index (κ1) is 12.5. The monoisotopic (exact) mass is 260 g/mol. The van der Waals surface area contributed by atoms with Gasteiger partial charge in [0.05, 0.1) is 0 Å². The third-order valence-corrected chi connectivity index (χ3v) is 3.84. The molecule has 0 saturated carbocycles. The van der Waals surface area contributed by atoms with Gasteiger partial charge in [0.15, 0.2) is 0 Å². The smallest absolute Gasteiger partial charge is 0.223 e. The van der Waals surface area contributed by atoms with Crippen molar-refractivity contribution in [3.8, 4) is 0 Å². The van der Waals surface area contributed by atoms with E-state index in [0.29, 0.717) is 0 Å². The van der Waals surface area contributed by atoms with Gasteiger partial charge in [-0.05, 0) is 0 Å². The summed E-state index contributed by atoms with van der Waals surface area (Å²) in [6.07, 6.45) is -4.81. The van der Waals surface area contributed by atoms with E-state index in [0.717, 1.165) is 0 Å². The molecular formula is C5H3F7O2S. The van der Waals surface area contributed by atoms with Crippen molar-refractivity contribution in [3.05, 3.63) is 0 Å². The van der Waals surface area contributed by atoms with Gasteiger partial charge in [0, 0.05) is 0 Å². The maximum Gasteiger partial charge on any atom is 0.390 e. The van der Waals surface area contributed by atoms with E-state index in [2.05, 4.69) is 0 Å². The van der Waals surface area contributed by atoms with E-state index in [1.807, 2.05) is 0 Å². The fourth-order valence-electron chi connectivity index (χ4n) is 1.16. The highest BCUT2D eigenvalue weighted by molar-refractivity contribution is 7.92. The van der Waals surface area contributed by atoms with Crippen LogP contribution in [0.5, 0.6) is 0 Å². The quantitative estimate of drug-likeness (QED) is 0.671. The largest absolute Gasteiger partial charge is 0.390 e. The molecular weight excluding hydrogens is 257 g/mol. The maximum absolute atomic E-state index is 12.9. The zero-order valence-corrected chi connectivity index (χ0v) is 7.47. The van der Waals surface area contributed by atoms with Gasteiger partial charge in [0.25, 0.3) is 6.43 Å². The summed E-state index contributed by atoms with van der Waals surface area (Å²) in [4.78, 5) is 0. The molecule has 2 nitrogen and oxygen atoms in total. The Balaban J connectivity index is 3.51. The fraction of sp³-hybridized carbons (Fsp3) is 1.00. The average molecular weight is 260 g/mol. The van der Waals surface area contributed by atoms with Crippen LogP contribution in [0.25, 0.3) is 0 Å². The molecule has 0 aromatic carbocycles. The Kier molecular flexibility index (Phi) is 2.31. The Morgan fingerprint density at radius 2 is 1.40 bits per heavy atom. The van der Waals surface area contributed by atoms with Crippen molar-refractivity contribution in [2.24, 2.45) is 0 Å². The summed E-state index contributed by atoms with van der Waals surface area (Å²) in [6, 6.07) is 0. The summed E-state index contributed by atoms with van der Waals surface area (Å²) in [6.45, 7) is 0. The van der Waals surface area contributed by atoms with Gasteiger partial charge in [-0.25, -0.2) is 30.4 Å². The van der Waals surface area contributed by atoms with Crippen LogP contribution in [0.3, 0.4) is 0 Å². The molecule has 0 amide bonds. The molecule has 10 heteroatoms. The Morgan fingerprint density at radius 3 is 1.53 bits per heavy atom. The van der Waals surface area contributed by atoms with Crippen LogP contribution in [-0.4, -0.2) is 37.4 Å². The number of rotatable bonds is 1. The van der Waals surface area contributed by atoms with E-state index in [1.165, 1.54) is 0 Å².